The molecule has 0 spiro atoms. The van der Waals surface area contributed by atoms with E-state index in [9.17, 15) is 14.9 Å². The Labute approximate surface area is 184 Å². The fraction of sp³-hybridized carbons (Fsp3) is 0.348. The molecule has 8 heteroatoms. The first kappa shape index (κ1) is 21.2. The van der Waals surface area contributed by atoms with Crippen LogP contribution in [0.15, 0.2) is 51.7 Å². The molecule has 0 radical (unpaired) electrons. The third-order valence-corrected chi connectivity index (χ3v) is 6.74. The van der Waals surface area contributed by atoms with Crippen LogP contribution in [0.1, 0.15) is 12.0 Å². The van der Waals surface area contributed by atoms with Crippen LogP contribution in [-0.4, -0.2) is 40.6 Å². The van der Waals surface area contributed by atoms with Gasteiger partial charge in [-0.1, -0.05) is 30.3 Å². The molecule has 2 N–H and O–H groups in total. The number of benzene rings is 2. The van der Waals surface area contributed by atoms with E-state index in [4.69, 9.17) is 4.42 Å². The number of hydrogen-bond donors (Lipinski definition) is 2. The zero-order valence-corrected chi connectivity index (χ0v) is 18.1. The van der Waals surface area contributed by atoms with Crippen molar-refractivity contribution >= 4 is 28.8 Å². The molecule has 1 aliphatic rings. The van der Waals surface area contributed by atoms with Crippen LogP contribution in [-0.2, 0) is 18.3 Å². The lowest BCUT2D eigenvalue weighted by Crippen LogP contribution is -2.43. The van der Waals surface area contributed by atoms with E-state index in [0.717, 1.165) is 40.9 Å². The van der Waals surface area contributed by atoms with Crippen molar-refractivity contribution in [1.29, 1.82) is 5.26 Å². The minimum Gasteiger partial charge on any atom is -0.408 e. The van der Waals surface area contributed by atoms with E-state index < -0.39 is 6.04 Å². The van der Waals surface area contributed by atoms with Crippen LogP contribution in [0.2, 0.25) is 0 Å². The van der Waals surface area contributed by atoms with Gasteiger partial charge in [0.05, 0.1) is 16.8 Å². The molecule has 7 nitrogen and oxygen atoms in total. The predicted molar refractivity (Wildman–Crippen MR) is 122 cm³/mol. The normalized spacial score (nSPS) is 17.6. The third-order valence-electron chi connectivity index (χ3n) is 5.43. The summed E-state index contributed by atoms with van der Waals surface area (Å²) in [7, 11) is 1.68. The van der Waals surface area contributed by atoms with E-state index in [2.05, 4.69) is 16.7 Å². The number of fused-ring (bicyclic) bond motifs is 1. The molecule has 1 fully saturated rings. The Morgan fingerprint density at radius 3 is 2.87 bits per heavy atom. The number of carbonyl (C=O) groups is 1. The maximum absolute atomic E-state index is 12.5. The topological polar surface area (TPSA) is 100 Å². The van der Waals surface area contributed by atoms with E-state index in [0.29, 0.717) is 18.5 Å². The number of nitrogens with zero attached hydrogens (tertiary/aromatic N) is 2. The van der Waals surface area contributed by atoms with Crippen LogP contribution >= 0.6 is 11.8 Å². The van der Waals surface area contributed by atoms with Crippen molar-refractivity contribution in [2.45, 2.75) is 24.1 Å². The number of thioether (sulfide) groups is 1. The van der Waals surface area contributed by atoms with Crippen LogP contribution in [0, 0.1) is 11.3 Å². The van der Waals surface area contributed by atoms with Crippen LogP contribution in [0.5, 0.6) is 0 Å². The van der Waals surface area contributed by atoms with Crippen LogP contribution in [0.3, 0.4) is 0 Å². The quantitative estimate of drug-likeness (QED) is 0.637. The van der Waals surface area contributed by atoms with Gasteiger partial charge in [0.25, 0.3) is 0 Å². The lowest BCUT2D eigenvalue weighted by molar-refractivity contribution is -0.120. The Morgan fingerprint density at radius 2 is 2.10 bits per heavy atom. The first-order chi connectivity index (χ1) is 15.0. The summed E-state index contributed by atoms with van der Waals surface area (Å²) < 4.78 is 6.67. The van der Waals surface area contributed by atoms with Crippen LogP contribution in [0.4, 0.5) is 0 Å². The average molecular weight is 437 g/mol. The molecule has 1 saturated heterocycles. The second-order valence-corrected chi connectivity index (χ2v) is 8.93. The molecule has 31 heavy (non-hydrogen) atoms. The Morgan fingerprint density at radius 1 is 1.32 bits per heavy atom. The van der Waals surface area contributed by atoms with Gasteiger partial charge in [0, 0.05) is 20.0 Å². The fourth-order valence-corrected chi connectivity index (χ4v) is 4.70. The number of rotatable bonds is 5. The SMILES string of the molecule is Cn1c(=O)oc2ccc(-c3ccc(CC(C#N)NC(=O)C4CNCCCS4)cc3)cc21. The van der Waals surface area contributed by atoms with Crippen LogP contribution in [0.25, 0.3) is 22.2 Å². The molecule has 1 amide bonds. The highest BCUT2D eigenvalue weighted by Gasteiger charge is 2.23. The standard InChI is InChI=1S/C23H24N4O3S/c1-27-19-12-17(7-8-20(19)30-23(27)29)16-5-3-15(4-6-16)11-18(13-24)26-22(28)21-14-25-9-2-10-31-21/h3-8,12,18,21,25H,2,9-11,14H2,1H3,(H,26,28). The first-order valence-electron chi connectivity index (χ1n) is 10.3. The molecule has 3 aromatic rings. The number of amides is 1. The summed E-state index contributed by atoms with van der Waals surface area (Å²) in [6, 6.07) is 15.2. The van der Waals surface area contributed by atoms with Crippen LogP contribution < -0.4 is 16.4 Å². The molecule has 2 aromatic carbocycles. The van der Waals surface area contributed by atoms with E-state index >= 15 is 0 Å². The number of carbonyl (C=O) groups excluding carboxylic acids is 1. The van der Waals surface area contributed by atoms with Crippen molar-refractivity contribution in [3.05, 3.63) is 58.6 Å². The summed E-state index contributed by atoms with van der Waals surface area (Å²) in [5.74, 6) is 0.481. The second kappa shape index (κ2) is 9.41. The van der Waals surface area contributed by atoms with Gasteiger partial charge in [0.2, 0.25) is 5.91 Å². The van der Waals surface area contributed by atoms with E-state index in [1.54, 1.807) is 24.9 Å². The monoisotopic (exact) mass is 436 g/mol. The van der Waals surface area contributed by atoms with E-state index in [1.807, 2.05) is 36.4 Å². The molecular weight excluding hydrogens is 412 g/mol. The zero-order valence-electron chi connectivity index (χ0n) is 17.3. The zero-order chi connectivity index (χ0) is 21.8. The van der Waals surface area contributed by atoms with Gasteiger partial charge in [-0.2, -0.15) is 5.26 Å². The molecule has 2 unspecified atom stereocenters. The lowest BCUT2D eigenvalue weighted by atomic mass is 10.0. The van der Waals surface area contributed by atoms with Crippen molar-refractivity contribution in [3.63, 3.8) is 0 Å². The third kappa shape index (κ3) is 4.84. The number of aromatic nitrogens is 1. The molecule has 0 bridgehead atoms. The predicted octanol–water partition coefficient (Wildman–Crippen LogP) is 2.44. The largest absolute Gasteiger partial charge is 0.419 e. The van der Waals surface area contributed by atoms with E-state index in [-0.39, 0.29) is 16.9 Å². The van der Waals surface area contributed by atoms with Gasteiger partial charge in [-0.25, -0.2) is 4.79 Å². The summed E-state index contributed by atoms with van der Waals surface area (Å²) in [6.07, 6.45) is 1.49. The average Bonchev–Trinajstić information content (AvgIpc) is 2.96. The molecule has 2 heterocycles. The lowest BCUT2D eigenvalue weighted by Gasteiger charge is -2.17. The molecule has 2 atom stereocenters. The van der Waals surface area contributed by atoms with Gasteiger partial charge in [-0.3, -0.25) is 9.36 Å². The molecule has 1 aliphatic heterocycles. The first-order valence-corrected chi connectivity index (χ1v) is 11.3. The summed E-state index contributed by atoms with van der Waals surface area (Å²) in [4.78, 5) is 24.2. The second-order valence-electron chi connectivity index (χ2n) is 7.62. The highest BCUT2D eigenvalue weighted by molar-refractivity contribution is 8.00. The van der Waals surface area contributed by atoms with Gasteiger partial charge >= 0.3 is 5.76 Å². The van der Waals surface area contributed by atoms with Gasteiger partial charge in [0.15, 0.2) is 5.58 Å². The van der Waals surface area contributed by atoms with Crippen molar-refractivity contribution < 1.29 is 9.21 Å². The van der Waals surface area contributed by atoms with E-state index in [1.165, 1.54) is 4.57 Å². The molecule has 0 saturated carbocycles. The Kier molecular flexibility index (Phi) is 6.44. The highest BCUT2D eigenvalue weighted by atomic mass is 32.2. The fourth-order valence-electron chi connectivity index (χ4n) is 3.65. The maximum atomic E-state index is 12.5. The smallest absolute Gasteiger partial charge is 0.408 e. The minimum atomic E-state index is -0.570. The summed E-state index contributed by atoms with van der Waals surface area (Å²) in [5, 5.41) is 15.5. The number of nitrogens with one attached hydrogen (secondary N) is 2. The van der Waals surface area contributed by atoms with Gasteiger partial charge in [0.1, 0.15) is 6.04 Å². The molecule has 1 aromatic heterocycles. The summed E-state index contributed by atoms with van der Waals surface area (Å²) in [6.45, 7) is 1.56. The number of aryl methyl sites for hydroxylation is 1. The van der Waals surface area contributed by atoms with Crippen molar-refractivity contribution in [2.75, 3.05) is 18.8 Å². The number of oxazole rings is 1. The molecule has 4 rings (SSSR count). The molecule has 160 valence electrons. The molecular formula is C23H24N4O3S. The highest BCUT2D eigenvalue weighted by Crippen LogP contribution is 2.24. The van der Waals surface area contributed by atoms with Gasteiger partial charge in [-0.05, 0) is 47.5 Å². The number of nitriles is 1. The Bertz CT molecular complexity index is 1170. The molecule has 0 aliphatic carbocycles. The summed E-state index contributed by atoms with van der Waals surface area (Å²) in [5.41, 5.74) is 4.24. The van der Waals surface area contributed by atoms with Gasteiger partial charge in [-0.15, -0.1) is 11.8 Å². The van der Waals surface area contributed by atoms with Gasteiger partial charge < -0.3 is 15.1 Å². The maximum Gasteiger partial charge on any atom is 0.419 e. The van der Waals surface area contributed by atoms with Crippen molar-refractivity contribution in [2.24, 2.45) is 7.05 Å². The Balaban J connectivity index is 1.43. The Hall–Kier alpha value is -3.02. The minimum absolute atomic E-state index is 0.0819. The van der Waals surface area contributed by atoms with Crippen molar-refractivity contribution in [3.8, 4) is 17.2 Å². The van der Waals surface area contributed by atoms with Crippen molar-refractivity contribution in [1.82, 2.24) is 15.2 Å². The summed E-state index contributed by atoms with van der Waals surface area (Å²) >= 11 is 1.64. The number of hydrogen-bond acceptors (Lipinski definition) is 6.